The molecule has 0 bridgehead atoms. The lowest BCUT2D eigenvalue weighted by Gasteiger charge is -2.39. The molecule has 2 aliphatic rings. The van der Waals surface area contributed by atoms with Crippen LogP contribution in [0.4, 0.5) is 0 Å². The van der Waals surface area contributed by atoms with Gasteiger partial charge < -0.3 is 9.64 Å². The molecule has 0 saturated carbocycles. The SMILES string of the molecule is COCC(=O)N1CC[C@@H]2[C@H](C1)[C@@H](c1cccnc1)CN2Cc1ccc(Cl)cc1. The van der Waals surface area contributed by atoms with E-state index in [1.165, 1.54) is 11.1 Å². The number of ether oxygens (including phenoxy) is 1. The molecule has 2 fully saturated rings. The third-order valence-electron chi connectivity index (χ3n) is 6.07. The summed E-state index contributed by atoms with van der Waals surface area (Å²) in [4.78, 5) is 21.3. The third-order valence-corrected chi connectivity index (χ3v) is 6.32. The lowest BCUT2D eigenvalue weighted by molar-refractivity contribution is -0.137. The van der Waals surface area contributed by atoms with Gasteiger partial charge in [-0.05, 0) is 35.7 Å². The van der Waals surface area contributed by atoms with E-state index < -0.39 is 0 Å². The topological polar surface area (TPSA) is 45.7 Å². The van der Waals surface area contributed by atoms with Gasteiger partial charge in [0, 0.05) is 68.6 Å². The van der Waals surface area contributed by atoms with Crippen LogP contribution in [0.2, 0.25) is 5.02 Å². The number of hydrogen-bond acceptors (Lipinski definition) is 4. The number of carbonyl (C=O) groups excluding carboxylic acids is 1. The van der Waals surface area contributed by atoms with Gasteiger partial charge in [0.05, 0.1) is 0 Å². The second kappa shape index (κ2) is 8.60. The molecular formula is C22H26ClN3O2. The van der Waals surface area contributed by atoms with Gasteiger partial charge in [-0.2, -0.15) is 0 Å². The molecule has 28 heavy (non-hydrogen) atoms. The summed E-state index contributed by atoms with van der Waals surface area (Å²) in [7, 11) is 1.58. The van der Waals surface area contributed by atoms with Gasteiger partial charge in [0.1, 0.15) is 6.61 Å². The van der Waals surface area contributed by atoms with Crippen molar-refractivity contribution in [2.75, 3.05) is 33.4 Å². The quantitative estimate of drug-likeness (QED) is 0.774. The zero-order valence-corrected chi connectivity index (χ0v) is 16.9. The number of piperidine rings is 1. The van der Waals surface area contributed by atoms with Crippen LogP contribution in [0.15, 0.2) is 48.8 Å². The highest BCUT2D eigenvalue weighted by Crippen LogP contribution is 2.42. The second-order valence-electron chi connectivity index (χ2n) is 7.74. The van der Waals surface area contributed by atoms with Crippen LogP contribution in [-0.2, 0) is 16.1 Å². The van der Waals surface area contributed by atoms with Crippen LogP contribution in [-0.4, -0.2) is 60.1 Å². The second-order valence-corrected chi connectivity index (χ2v) is 8.18. The van der Waals surface area contributed by atoms with Gasteiger partial charge >= 0.3 is 0 Å². The minimum absolute atomic E-state index is 0.0852. The summed E-state index contributed by atoms with van der Waals surface area (Å²) in [5.41, 5.74) is 2.53. The molecule has 0 spiro atoms. The van der Waals surface area contributed by atoms with E-state index in [0.29, 0.717) is 17.9 Å². The van der Waals surface area contributed by atoms with Crippen molar-refractivity contribution in [1.29, 1.82) is 0 Å². The van der Waals surface area contributed by atoms with Crippen LogP contribution < -0.4 is 0 Å². The van der Waals surface area contributed by atoms with Crippen molar-refractivity contribution >= 4 is 17.5 Å². The van der Waals surface area contributed by atoms with Crippen molar-refractivity contribution in [3.05, 3.63) is 64.9 Å². The summed E-state index contributed by atoms with van der Waals surface area (Å²) in [5.74, 6) is 0.872. The van der Waals surface area contributed by atoms with Crippen LogP contribution >= 0.6 is 11.6 Å². The van der Waals surface area contributed by atoms with Crippen LogP contribution in [0.1, 0.15) is 23.5 Å². The average molecular weight is 400 g/mol. The maximum atomic E-state index is 12.4. The largest absolute Gasteiger partial charge is 0.375 e. The Balaban J connectivity index is 1.56. The molecule has 2 aliphatic heterocycles. The van der Waals surface area contributed by atoms with E-state index >= 15 is 0 Å². The first-order valence-electron chi connectivity index (χ1n) is 9.81. The van der Waals surface area contributed by atoms with E-state index in [2.05, 4.69) is 28.1 Å². The summed E-state index contributed by atoms with van der Waals surface area (Å²) >= 11 is 6.05. The first-order valence-corrected chi connectivity index (χ1v) is 10.2. The highest BCUT2D eigenvalue weighted by atomic mass is 35.5. The number of nitrogens with zero attached hydrogens (tertiary/aromatic N) is 3. The fourth-order valence-corrected chi connectivity index (χ4v) is 4.86. The van der Waals surface area contributed by atoms with Crippen molar-refractivity contribution < 1.29 is 9.53 Å². The number of benzene rings is 1. The number of rotatable bonds is 5. The number of methoxy groups -OCH3 is 1. The van der Waals surface area contributed by atoms with Gasteiger partial charge in [0.25, 0.3) is 0 Å². The molecule has 1 aromatic carbocycles. The van der Waals surface area contributed by atoms with Gasteiger partial charge in [-0.1, -0.05) is 29.8 Å². The number of pyridine rings is 1. The molecule has 0 N–H and O–H groups in total. The molecule has 6 heteroatoms. The molecule has 3 heterocycles. The molecule has 3 atom stereocenters. The smallest absolute Gasteiger partial charge is 0.248 e. The number of fused-ring (bicyclic) bond motifs is 1. The molecule has 148 valence electrons. The maximum absolute atomic E-state index is 12.4. The molecule has 5 nitrogen and oxygen atoms in total. The molecule has 1 amide bonds. The number of likely N-dealkylation sites (tertiary alicyclic amines) is 2. The van der Waals surface area contributed by atoms with Crippen LogP contribution in [0.5, 0.6) is 0 Å². The summed E-state index contributed by atoms with van der Waals surface area (Å²) < 4.78 is 5.07. The maximum Gasteiger partial charge on any atom is 0.248 e. The standard InChI is InChI=1S/C22H26ClN3O2/c1-28-15-22(27)25-10-8-21-20(14-25)19(17-3-2-9-24-11-17)13-26(21)12-16-4-6-18(23)7-5-16/h2-7,9,11,19-21H,8,10,12-15H2,1H3/t19-,20-,21-/m1/s1. The van der Waals surface area contributed by atoms with Crippen LogP contribution in [0, 0.1) is 5.92 Å². The average Bonchev–Trinajstić information content (AvgIpc) is 3.08. The first-order chi connectivity index (χ1) is 13.7. The fourth-order valence-electron chi connectivity index (χ4n) is 4.74. The molecule has 1 aromatic heterocycles. The molecule has 0 radical (unpaired) electrons. The monoisotopic (exact) mass is 399 g/mol. The Morgan fingerprint density at radius 1 is 1.25 bits per heavy atom. The Kier molecular flexibility index (Phi) is 5.95. The fraction of sp³-hybridized carbons (Fsp3) is 0.455. The molecule has 2 saturated heterocycles. The Morgan fingerprint density at radius 2 is 2.07 bits per heavy atom. The Bertz CT molecular complexity index is 799. The predicted octanol–water partition coefficient (Wildman–Crippen LogP) is 3.20. The number of halogens is 1. The zero-order chi connectivity index (χ0) is 19.5. The molecule has 2 aromatic rings. The van der Waals surface area contributed by atoms with E-state index in [1.807, 2.05) is 35.5 Å². The normalized spacial score (nSPS) is 24.9. The number of amides is 1. The van der Waals surface area contributed by atoms with Crippen molar-refractivity contribution in [1.82, 2.24) is 14.8 Å². The van der Waals surface area contributed by atoms with Crippen LogP contribution in [0.25, 0.3) is 0 Å². The highest BCUT2D eigenvalue weighted by Gasteiger charge is 2.45. The molecule has 0 aliphatic carbocycles. The number of carbonyl (C=O) groups is 1. The zero-order valence-electron chi connectivity index (χ0n) is 16.1. The lowest BCUT2D eigenvalue weighted by atomic mass is 9.82. The van der Waals surface area contributed by atoms with Gasteiger partial charge in [-0.25, -0.2) is 0 Å². The van der Waals surface area contributed by atoms with Gasteiger partial charge in [-0.15, -0.1) is 0 Å². The molecule has 0 unspecified atom stereocenters. The molecule has 4 rings (SSSR count). The summed E-state index contributed by atoms with van der Waals surface area (Å²) in [5, 5.41) is 0.765. The number of aromatic nitrogens is 1. The summed E-state index contributed by atoms with van der Waals surface area (Å²) in [6.45, 7) is 3.62. The van der Waals surface area contributed by atoms with Gasteiger partial charge in [0.15, 0.2) is 0 Å². The minimum atomic E-state index is 0.0852. The Hall–Kier alpha value is -1.95. The lowest BCUT2D eigenvalue weighted by Crippen LogP contribution is -2.49. The highest BCUT2D eigenvalue weighted by molar-refractivity contribution is 6.30. The van der Waals surface area contributed by atoms with E-state index in [4.69, 9.17) is 16.3 Å². The predicted molar refractivity (Wildman–Crippen MR) is 109 cm³/mol. The minimum Gasteiger partial charge on any atom is -0.375 e. The van der Waals surface area contributed by atoms with Gasteiger partial charge in [-0.3, -0.25) is 14.7 Å². The first kappa shape index (κ1) is 19.4. The van der Waals surface area contributed by atoms with Gasteiger partial charge in [0.2, 0.25) is 5.91 Å². The van der Waals surface area contributed by atoms with Crippen molar-refractivity contribution in [2.45, 2.75) is 24.9 Å². The van der Waals surface area contributed by atoms with Crippen molar-refractivity contribution in [3.63, 3.8) is 0 Å². The van der Waals surface area contributed by atoms with Crippen molar-refractivity contribution in [3.8, 4) is 0 Å². The van der Waals surface area contributed by atoms with E-state index in [-0.39, 0.29) is 12.5 Å². The van der Waals surface area contributed by atoms with Crippen LogP contribution in [0.3, 0.4) is 0 Å². The van der Waals surface area contributed by atoms with E-state index in [1.54, 1.807) is 7.11 Å². The Labute approximate surface area is 171 Å². The summed E-state index contributed by atoms with van der Waals surface area (Å²) in [6, 6.07) is 12.7. The Morgan fingerprint density at radius 3 is 2.79 bits per heavy atom. The van der Waals surface area contributed by atoms with E-state index in [0.717, 1.165) is 37.6 Å². The van der Waals surface area contributed by atoms with E-state index in [9.17, 15) is 4.79 Å². The summed E-state index contributed by atoms with van der Waals surface area (Å²) in [6.07, 6.45) is 4.78. The molecular weight excluding hydrogens is 374 g/mol. The number of hydrogen-bond donors (Lipinski definition) is 0. The third kappa shape index (κ3) is 4.07. The van der Waals surface area contributed by atoms with Crippen molar-refractivity contribution in [2.24, 2.45) is 5.92 Å².